The minimum Gasteiger partial charge on any atom is -0.468 e. The van der Waals surface area contributed by atoms with Gasteiger partial charge in [-0.3, -0.25) is 9.59 Å². The molecule has 5 heteroatoms. The fraction of sp³-hybridized carbons (Fsp3) is 0.200. The van der Waals surface area contributed by atoms with Crippen LogP contribution in [0.15, 0.2) is 54.6 Å². The highest BCUT2D eigenvalue weighted by atomic mass is 16.5. The van der Waals surface area contributed by atoms with Crippen molar-refractivity contribution in [2.75, 3.05) is 20.8 Å². The van der Waals surface area contributed by atoms with E-state index in [4.69, 9.17) is 9.47 Å². The van der Waals surface area contributed by atoms with Crippen molar-refractivity contribution in [3.63, 3.8) is 0 Å². The highest BCUT2D eigenvalue weighted by Crippen LogP contribution is 2.52. The van der Waals surface area contributed by atoms with Gasteiger partial charge in [-0.05, 0) is 27.8 Å². The van der Waals surface area contributed by atoms with Gasteiger partial charge < -0.3 is 14.6 Å². The molecule has 2 aromatic carbocycles. The first-order valence-electron chi connectivity index (χ1n) is 7.79. The van der Waals surface area contributed by atoms with Crippen LogP contribution >= 0.6 is 0 Å². The summed E-state index contributed by atoms with van der Waals surface area (Å²) in [5.41, 5.74) is 0.891. The van der Waals surface area contributed by atoms with Gasteiger partial charge in [0, 0.05) is 0 Å². The number of carbonyl (C=O) groups excluding carboxylic acids is 2. The summed E-state index contributed by atoms with van der Waals surface area (Å²) in [5, 5.41) is 10.0. The first kappa shape index (κ1) is 16.9. The van der Waals surface area contributed by atoms with Crippen molar-refractivity contribution in [2.24, 2.45) is 0 Å². The molecule has 3 rings (SSSR count). The number of hydrogen-bond acceptors (Lipinski definition) is 5. The number of hydrogen-bond donors (Lipinski definition) is 1. The van der Waals surface area contributed by atoms with Crippen molar-refractivity contribution in [2.45, 2.75) is 5.41 Å². The SMILES string of the molecule is COC(=O)C1(C(=O)OC)C(c2ccccc2)=C(CO)c2ccccc21. The van der Waals surface area contributed by atoms with Gasteiger partial charge in [-0.15, -0.1) is 0 Å². The molecule has 5 nitrogen and oxygen atoms in total. The summed E-state index contributed by atoms with van der Waals surface area (Å²) < 4.78 is 10.0. The number of rotatable bonds is 4. The van der Waals surface area contributed by atoms with E-state index in [1.165, 1.54) is 14.2 Å². The van der Waals surface area contributed by atoms with Crippen LogP contribution in [0.3, 0.4) is 0 Å². The van der Waals surface area contributed by atoms with Gasteiger partial charge in [0.15, 0.2) is 0 Å². The quantitative estimate of drug-likeness (QED) is 0.683. The first-order chi connectivity index (χ1) is 12.1. The lowest BCUT2D eigenvalue weighted by atomic mass is 9.74. The lowest BCUT2D eigenvalue weighted by Gasteiger charge is -2.28. The highest BCUT2D eigenvalue weighted by molar-refractivity contribution is 6.26. The van der Waals surface area contributed by atoms with E-state index < -0.39 is 17.4 Å². The Balaban J connectivity index is 2.46. The summed E-state index contributed by atoms with van der Waals surface area (Å²) in [4.78, 5) is 25.8. The van der Waals surface area contributed by atoms with Gasteiger partial charge in [0.2, 0.25) is 5.41 Å². The van der Waals surface area contributed by atoms with Crippen molar-refractivity contribution in [1.82, 2.24) is 0 Å². The molecule has 0 heterocycles. The molecule has 0 bridgehead atoms. The van der Waals surface area contributed by atoms with Crippen molar-refractivity contribution in [3.05, 3.63) is 71.3 Å². The second-order valence-corrected chi connectivity index (χ2v) is 5.66. The molecule has 0 saturated heterocycles. The molecule has 0 radical (unpaired) electrons. The molecular weight excluding hydrogens is 320 g/mol. The Morgan fingerprint density at radius 1 is 0.920 bits per heavy atom. The number of aliphatic hydroxyl groups is 1. The Morgan fingerprint density at radius 3 is 2.04 bits per heavy atom. The third-order valence-electron chi connectivity index (χ3n) is 4.54. The summed E-state index contributed by atoms with van der Waals surface area (Å²) in [6.07, 6.45) is 0. The summed E-state index contributed by atoms with van der Waals surface area (Å²) in [5.74, 6) is -1.48. The number of aliphatic hydroxyl groups excluding tert-OH is 1. The van der Waals surface area contributed by atoms with E-state index in [9.17, 15) is 14.7 Å². The molecule has 1 aliphatic rings. The molecule has 0 aliphatic heterocycles. The van der Waals surface area contributed by atoms with Gasteiger partial charge in [0.05, 0.1) is 20.8 Å². The smallest absolute Gasteiger partial charge is 0.332 e. The van der Waals surface area contributed by atoms with Crippen LogP contribution in [0, 0.1) is 0 Å². The Morgan fingerprint density at radius 2 is 1.48 bits per heavy atom. The average Bonchev–Trinajstić information content (AvgIpc) is 2.98. The number of ether oxygens (including phenoxy) is 2. The molecule has 0 unspecified atom stereocenters. The number of benzene rings is 2. The number of esters is 2. The van der Waals surface area contributed by atoms with E-state index in [0.29, 0.717) is 27.8 Å². The predicted molar refractivity (Wildman–Crippen MR) is 92.5 cm³/mol. The zero-order valence-corrected chi connectivity index (χ0v) is 14.0. The minimum absolute atomic E-state index is 0.322. The van der Waals surface area contributed by atoms with Gasteiger partial charge in [-0.1, -0.05) is 54.6 Å². The summed E-state index contributed by atoms with van der Waals surface area (Å²) in [6, 6.07) is 16.0. The lowest BCUT2D eigenvalue weighted by Crippen LogP contribution is -2.45. The van der Waals surface area contributed by atoms with Crippen LogP contribution in [0.25, 0.3) is 11.1 Å². The number of carbonyl (C=O) groups is 2. The Hall–Kier alpha value is -2.92. The van der Waals surface area contributed by atoms with Crippen LogP contribution < -0.4 is 0 Å². The molecule has 0 atom stereocenters. The van der Waals surface area contributed by atoms with Crippen LogP contribution in [0.5, 0.6) is 0 Å². The molecule has 0 spiro atoms. The van der Waals surface area contributed by atoms with Crippen molar-refractivity contribution >= 4 is 23.1 Å². The van der Waals surface area contributed by atoms with Gasteiger partial charge >= 0.3 is 11.9 Å². The van der Waals surface area contributed by atoms with Gasteiger partial charge in [-0.2, -0.15) is 0 Å². The predicted octanol–water partition coefficient (Wildman–Crippen LogP) is 2.19. The Labute approximate surface area is 145 Å². The molecule has 25 heavy (non-hydrogen) atoms. The molecule has 0 amide bonds. The van der Waals surface area contributed by atoms with Crippen LogP contribution in [0.4, 0.5) is 0 Å². The monoisotopic (exact) mass is 338 g/mol. The van der Waals surface area contributed by atoms with Crippen molar-refractivity contribution in [3.8, 4) is 0 Å². The maximum Gasteiger partial charge on any atom is 0.332 e. The van der Waals surface area contributed by atoms with Crippen molar-refractivity contribution < 1.29 is 24.2 Å². The fourth-order valence-electron chi connectivity index (χ4n) is 3.54. The van der Waals surface area contributed by atoms with Crippen LogP contribution in [0.2, 0.25) is 0 Å². The first-order valence-corrected chi connectivity index (χ1v) is 7.79. The number of fused-ring (bicyclic) bond motifs is 1. The third kappa shape index (κ3) is 2.27. The third-order valence-corrected chi connectivity index (χ3v) is 4.54. The van der Waals surface area contributed by atoms with E-state index in [-0.39, 0.29) is 6.61 Å². The second kappa shape index (κ2) is 6.53. The Bertz CT molecular complexity index is 835. The summed E-state index contributed by atoms with van der Waals surface area (Å²) in [6.45, 7) is -0.322. The van der Waals surface area contributed by atoms with E-state index >= 15 is 0 Å². The minimum atomic E-state index is -1.76. The van der Waals surface area contributed by atoms with Crippen LogP contribution in [0.1, 0.15) is 16.7 Å². The fourth-order valence-corrected chi connectivity index (χ4v) is 3.54. The molecule has 0 saturated carbocycles. The molecule has 0 aromatic heterocycles. The molecule has 1 N–H and O–H groups in total. The number of methoxy groups -OCH3 is 2. The standard InChI is InChI=1S/C20H18O5/c1-24-18(22)20(19(23)25-2)16-11-7-6-10-14(16)15(12-21)17(20)13-8-4-3-5-9-13/h3-11,21H,12H2,1-2H3. The highest BCUT2D eigenvalue weighted by Gasteiger charge is 2.58. The van der Waals surface area contributed by atoms with E-state index in [1.54, 1.807) is 48.5 Å². The topological polar surface area (TPSA) is 72.8 Å². The van der Waals surface area contributed by atoms with Crippen LogP contribution in [-0.4, -0.2) is 37.9 Å². The second-order valence-electron chi connectivity index (χ2n) is 5.66. The zero-order chi connectivity index (χ0) is 18.0. The lowest BCUT2D eigenvalue weighted by molar-refractivity contribution is -0.158. The maximum absolute atomic E-state index is 12.9. The Kier molecular flexibility index (Phi) is 4.42. The zero-order valence-electron chi connectivity index (χ0n) is 14.0. The van der Waals surface area contributed by atoms with E-state index in [0.717, 1.165) is 0 Å². The molecule has 128 valence electrons. The van der Waals surface area contributed by atoms with Crippen molar-refractivity contribution in [1.29, 1.82) is 0 Å². The van der Waals surface area contributed by atoms with Gasteiger partial charge in [0.25, 0.3) is 0 Å². The van der Waals surface area contributed by atoms with Gasteiger partial charge in [0.1, 0.15) is 0 Å². The molecule has 0 fully saturated rings. The molecule has 2 aromatic rings. The summed E-state index contributed by atoms with van der Waals surface area (Å²) in [7, 11) is 2.46. The van der Waals surface area contributed by atoms with E-state index in [1.807, 2.05) is 6.07 Å². The van der Waals surface area contributed by atoms with Crippen LogP contribution in [-0.2, 0) is 24.5 Å². The van der Waals surface area contributed by atoms with Gasteiger partial charge in [-0.25, -0.2) is 0 Å². The molecule has 1 aliphatic carbocycles. The molecular formula is C20H18O5. The maximum atomic E-state index is 12.9. The average molecular weight is 338 g/mol. The normalized spacial score (nSPS) is 14.8. The summed E-state index contributed by atoms with van der Waals surface area (Å²) >= 11 is 0. The largest absolute Gasteiger partial charge is 0.468 e. The van der Waals surface area contributed by atoms with E-state index in [2.05, 4.69) is 0 Å².